The van der Waals surface area contributed by atoms with Crippen molar-refractivity contribution in [2.45, 2.75) is 80.2 Å². The summed E-state index contributed by atoms with van der Waals surface area (Å²) in [6, 6.07) is 0. The first kappa shape index (κ1) is 23.8. The summed E-state index contributed by atoms with van der Waals surface area (Å²) in [5.41, 5.74) is 0.577. The lowest BCUT2D eigenvalue weighted by molar-refractivity contribution is -0.343. The van der Waals surface area contributed by atoms with Gasteiger partial charge in [-0.05, 0) is 12.0 Å². The van der Waals surface area contributed by atoms with Crippen LogP contribution in [0.5, 0.6) is 0 Å². The van der Waals surface area contributed by atoms with E-state index in [4.69, 9.17) is 28.4 Å². The van der Waals surface area contributed by atoms with Gasteiger partial charge in [0.2, 0.25) is 6.29 Å². The second kappa shape index (κ2) is 9.26. The van der Waals surface area contributed by atoms with Gasteiger partial charge >= 0.3 is 0 Å². The molecule has 3 saturated heterocycles. The zero-order chi connectivity index (χ0) is 23.4. The Bertz CT molecular complexity index is 733. The molecule has 1 saturated carbocycles. The highest BCUT2D eigenvalue weighted by atomic mass is 16.8. The van der Waals surface area contributed by atoms with Gasteiger partial charge in [-0.2, -0.15) is 0 Å². The fourth-order valence-electron chi connectivity index (χ4n) is 5.12. The minimum atomic E-state index is -1.60. The molecule has 0 aromatic carbocycles. The Hall–Kier alpha value is -0.940. The normalized spacial score (nSPS) is 53.6. The predicted molar refractivity (Wildman–Crippen MR) is 102 cm³/mol. The molecule has 14 atom stereocenters. The number of aliphatic hydroxyl groups excluding tert-OH is 7. The van der Waals surface area contributed by atoms with E-state index in [-0.39, 0.29) is 19.3 Å². The van der Waals surface area contributed by atoms with Crippen LogP contribution in [0.15, 0.2) is 11.8 Å². The van der Waals surface area contributed by atoms with Gasteiger partial charge in [0.25, 0.3) is 0 Å². The first-order valence-electron chi connectivity index (χ1n) is 11.0. The molecule has 33 heavy (non-hydrogen) atoms. The summed E-state index contributed by atoms with van der Waals surface area (Å²) in [6.07, 6.45) is -11.5. The summed E-state index contributed by atoms with van der Waals surface area (Å²) in [4.78, 5) is 0. The maximum absolute atomic E-state index is 10.7. The molecule has 0 unspecified atom stereocenters. The van der Waals surface area contributed by atoms with Gasteiger partial charge in [-0.3, -0.25) is 0 Å². The van der Waals surface area contributed by atoms with Crippen molar-refractivity contribution in [2.75, 3.05) is 19.8 Å². The second-order valence-electron chi connectivity index (χ2n) is 9.09. The van der Waals surface area contributed by atoms with Gasteiger partial charge in [-0.15, -0.1) is 0 Å². The maximum Gasteiger partial charge on any atom is 0.207 e. The van der Waals surface area contributed by atoms with Gasteiger partial charge < -0.3 is 64.2 Å². The number of hydrogen-bond donors (Lipinski definition) is 7. The fraction of sp³-hybridized carbons (Fsp3) is 0.900. The molecule has 5 rings (SSSR count). The van der Waals surface area contributed by atoms with Crippen LogP contribution < -0.4 is 0 Å². The zero-order valence-corrected chi connectivity index (χ0v) is 17.6. The summed E-state index contributed by atoms with van der Waals surface area (Å²) in [5, 5.41) is 70.2. The summed E-state index contributed by atoms with van der Waals surface area (Å²) in [7, 11) is 0. The van der Waals surface area contributed by atoms with E-state index < -0.39 is 86.1 Å². The van der Waals surface area contributed by atoms with E-state index in [1.165, 1.54) is 6.26 Å². The highest BCUT2D eigenvalue weighted by molar-refractivity contribution is 5.23. The van der Waals surface area contributed by atoms with Gasteiger partial charge in [0.1, 0.15) is 36.6 Å². The Labute approximate surface area is 188 Å². The summed E-state index contributed by atoms with van der Waals surface area (Å²) in [6.45, 7) is -0.404. The van der Waals surface area contributed by atoms with Crippen LogP contribution in [0.2, 0.25) is 0 Å². The number of ether oxygens (including phenoxy) is 6. The van der Waals surface area contributed by atoms with Crippen LogP contribution in [-0.2, 0) is 28.4 Å². The van der Waals surface area contributed by atoms with Gasteiger partial charge in [-0.1, -0.05) is 0 Å². The third-order valence-corrected chi connectivity index (χ3v) is 7.06. The van der Waals surface area contributed by atoms with E-state index in [0.29, 0.717) is 12.0 Å². The number of aliphatic hydroxyl groups is 7. The van der Waals surface area contributed by atoms with Crippen molar-refractivity contribution in [3.05, 3.63) is 11.8 Å². The molecule has 4 aliphatic heterocycles. The van der Waals surface area contributed by atoms with Gasteiger partial charge in [-0.25, -0.2) is 0 Å². The third-order valence-electron chi connectivity index (χ3n) is 7.06. The predicted octanol–water partition coefficient (Wildman–Crippen LogP) is -4.10. The molecule has 5 aliphatic rings. The molecule has 0 bridgehead atoms. The van der Waals surface area contributed by atoms with Crippen molar-refractivity contribution in [1.82, 2.24) is 0 Å². The van der Waals surface area contributed by atoms with Crippen molar-refractivity contribution < 1.29 is 64.2 Å². The van der Waals surface area contributed by atoms with E-state index >= 15 is 0 Å². The molecular weight excluding hydrogens is 448 g/mol. The maximum atomic E-state index is 10.7. The average molecular weight is 478 g/mol. The van der Waals surface area contributed by atoms with E-state index in [2.05, 4.69) is 0 Å². The van der Waals surface area contributed by atoms with E-state index in [1.807, 2.05) is 0 Å². The van der Waals surface area contributed by atoms with E-state index in [1.54, 1.807) is 0 Å². The first-order valence-corrected chi connectivity index (χ1v) is 11.0. The molecule has 1 aliphatic carbocycles. The molecule has 0 aromatic rings. The van der Waals surface area contributed by atoms with Gasteiger partial charge in [0.15, 0.2) is 12.6 Å². The van der Waals surface area contributed by atoms with Crippen LogP contribution >= 0.6 is 0 Å². The minimum Gasteiger partial charge on any atom is -0.472 e. The Balaban J connectivity index is 1.28. The zero-order valence-electron chi connectivity index (χ0n) is 17.6. The largest absolute Gasteiger partial charge is 0.472 e. The Morgan fingerprint density at radius 3 is 2.39 bits per heavy atom. The van der Waals surface area contributed by atoms with Crippen molar-refractivity contribution in [3.63, 3.8) is 0 Å². The van der Waals surface area contributed by atoms with Crippen molar-refractivity contribution in [1.29, 1.82) is 0 Å². The summed E-state index contributed by atoms with van der Waals surface area (Å²) < 4.78 is 33.4. The van der Waals surface area contributed by atoms with Gasteiger partial charge in [0, 0.05) is 5.92 Å². The molecule has 13 heteroatoms. The Morgan fingerprint density at radius 1 is 0.848 bits per heavy atom. The molecule has 0 radical (unpaired) electrons. The van der Waals surface area contributed by atoms with Crippen LogP contribution in [0, 0.1) is 11.8 Å². The van der Waals surface area contributed by atoms with Crippen LogP contribution in [0.1, 0.15) is 6.42 Å². The first-order chi connectivity index (χ1) is 15.8. The van der Waals surface area contributed by atoms with Crippen LogP contribution in [0.4, 0.5) is 0 Å². The molecule has 4 fully saturated rings. The molecule has 0 spiro atoms. The lowest BCUT2D eigenvalue weighted by Crippen LogP contribution is -2.60. The molecule has 0 aromatic heterocycles. The number of rotatable bonds is 6. The average Bonchev–Trinajstić information content (AvgIpc) is 3.55. The lowest BCUT2D eigenvalue weighted by Gasteiger charge is -2.43. The van der Waals surface area contributed by atoms with E-state index in [9.17, 15) is 35.7 Å². The molecule has 4 heterocycles. The quantitative estimate of drug-likeness (QED) is 0.182. The molecule has 188 valence electrons. The standard InChI is InChI=1S/C20H30O13/c21-3-8-12(24)14(26)15(27)20(31-8)33-18-10-9(13(25)17-16(10)32-17)6(4-29-18)5-30-19-11(23)7(22)1-2-28-19/h4,7-27H,1-3,5H2/t7-,8+,9-,10+,11-,12+,13-,14-,15+,16+,17-,18-,19-,20-/m0/s1. The minimum absolute atomic E-state index is 0.0428. The summed E-state index contributed by atoms with van der Waals surface area (Å²) in [5.74, 6) is -0.980. The topological polar surface area (TPSA) is 200 Å². The second-order valence-corrected chi connectivity index (χ2v) is 9.09. The van der Waals surface area contributed by atoms with Crippen molar-refractivity contribution in [3.8, 4) is 0 Å². The smallest absolute Gasteiger partial charge is 0.207 e. The third kappa shape index (κ3) is 4.20. The highest BCUT2D eigenvalue weighted by Gasteiger charge is 2.67. The molecule has 13 nitrogen and oxygen atoms in total. The molecular formula is C20H30O13. The monoisotopic (exact) mass is 478 g/mol. The van der Waals surface area contributed by atoms with Crippen LogP contribution in [0.3, 0.4) is 0 Å². The van der Waals surface area contributed by atoms with Crippen molar-refractivity contribution >= 4 is 0 Å². The highest BCUT2D eigenvalue weighted by Crippen LogP contribution is 2.54. The number of fused-ring (bicyclic) bond motifs is 3. The Morgan fingerprint density at radius 2 is 1.64 bits per heavy atom. The van der Waals surface area contributed by atoms with E-state index in [0.717, 1.165) is 0 Å². The fourth-order valence-corrected chi connectivity index (χ4v) is 5.12. The molecule has 0 amide bonds. The Kier molecular flexibility index (Phi) is 6.67. The number of hydrogen-bond acceptors (Lipinski definition) is 13. The SMILES string of the molecule is OC[C@H]1O[C@@H](O[C@@H]2OC=C(CO[C@@H]3OCC[C@H](O)[C@@H]3O)[C@@H]3[C@H](O)[C@@H]4O[C@@H]4[C@H]23)[C@H](O)[C@@H](O)[C@@H]1O. The van der Waals surface area contributed by atoms with Crippen LogP contribution in [0.25, 0.3) is 0 Å². The van der Waals surface area contributed by atoms with Crippen LogP contribution in [-0.4, -0.2) is 129 Å². The molecule has 7 N–H and O–H groups in total. The lowest BCUT2D eigenvalue weighted by atomic mass is 9.85. The van der Waals surface area contributed by atoms with Gasteiger partial charge in [0.05, 0.1) is 50.3 Å². The summed E-state index contributed by atoms with van der Waals surface area (Å²) >= 11 is 0. The number of epoxide rings is 1. The van der Waals surface area contributed by atoms with Crippen molar-refractivity contribution in [2.24, 2.45) is 11.8 Å².